The topological polar surface area (TPSA) is 175 Å². The number of ether oxygens (including phenoxy) is 3. The van der Waals surface area contributed by atoms with Crippen molar-refractivity contribution in [2.45, 2.75) is 352 Å². The van der Waals surface area contributed by atoms with Crippen LogP contribution in [-0.4, -0.2) is 100 Å². The summed E-state index contributed by atoms with van der Waals surface area (Å²) in [7, 11) is 0. The number of nitrogens with one attached hydrogen (secondary N) is 1. The molecule has 1 amide bonds. The highest BCUT2D eigenvalue weighted by atomic mass is 16.7. The fraction of sp³-hybridized carbons (Fsp3) is 0.879. The quantitative estimate of drug-likeness (QED) is 0.0195. The predicted octanol–water partition coefficient (Wildman–Crippen LogP) is 15.8. The van der Waals surface area contributed by atoms with Gasteiger partial charge in [-0.05, 0) is 70.6 Å². The van der Waals surface area contributed by atoms with Crippen molar-refractivity contribution in [1.82, 2.24) is 5.32 Å². The Labute approximate surface area is 473 Å². The molecule has 0 saturated carbocycles. The second-order valence-electron chi connectivity index (χ2n) is 22.8. The van der Waals surface area contributed by atoms with Crippen LogP contribution in [0.1, 0.15) is 309 Å². The Morgan fingerprint density at radius 3 is 1.29 bits per heavy atom. The van der Waals surface area contributed by atoms with Crippen molar-refractivity contribution in [1.29, 1.82) is 0 Å². The highest BCUT2D eigenvalue weighted by molar-refractivity contribution is 5.76. The lowest BCUT2D eigenvalue weighted by Crippen LogP contribution is -2.60. The number of aliphatic hydroxyl groups is 5. The Bertz CT molecular complexity index is 1370. The molecule has 0 aliphatic carbocycles. The number of carbonyl (C=O) groups excluding carboxylic acids is 2. The summed E-state index contributed by atoms with van der Waals surface area (Å²) in [6.07, 6.45) is 59.6. The molecule has 1 fully saturated rings. The Morgan fingerprint density at radius 2 is 0.844 bits per heavy atom. The number of allylic oxidation sites excluding steroid dienone is 5. The number of aliphatic hydroxyl groups excluding tert-OH is 5. The van der Waals surface area contributed by atoms with Crippen LogP contribution in [-0.2, 0) is 23.8 Å². The smallest absolute Gasteiger partial charge is 0.305 e. The van der Waals surface area contributed by atoms with Gasteiger partial charge < -0.3 is 45.1 Å². The molecule has 1 saturated heterocycles. The minimum atomic E-state index is -1.58. The molecule has 7 atom stereocenters. The van der Waals surface area contributed by atoms with E-state index in [1.165, 1.54) is 212 Å². The molecule has 77 heavy (non-hydrogen) atoms. The van der Waals surface area contributed by atoms with Crippen molar-refractivity contribution in [3.05, 3.63) is 36.5 Å². The van der Waals surface area contributed by atoms with Crippen LogP contribution in [0.4, 0.5) is 0 Å². The summed E-state index contributed by atoms with van der Waals surface area (Å²) in [6, 6.07) is -0.832. The second-order valence-corrected chi connectivity index (χ2v) is 22.8. The molecule has 11 nitrogen and oxygen atoms in total. The molecule has 0 aromatic rings. The van der Waals surface area contributed by atoms with Crippen LogP contribution in [0, 0.1) is 0 Å². The second kappa shape index (κ2) is 55.8. The molecule has 1 aliphatic rings. The lowest BCUT2D eigenvalue weighted by molar-refractivity contribution is -0.302. The molecule has 1 rings (SSSR count). The Morgan fingerprint density at radius 1 is 0.468 bits per heavy atom. The van der Waals surface area contributed by atoms with Gasteiger partial charge in [0.15, 0.2) is 6.29 Å². The van der Waals surface area contributed by atoms with Gasteiger partial charge in [0.05, 0.1) is 32.0 Å². The third-order valence-electron chi connectivity index (χ3n) is 15.5. The first kappa shape index (κ1) is 72.9. The van der Waals surface area contributed by atoms with Gasteiger partial charge in [-0.2, -0.15) is 0 Å². The summed E-state index contributed by atoms with van der Waals surface area (Å²) in [6.45, 7) is 4.34. The van der Waals surface area contributed by atoms with E-state index < -0.39 is 49.5 Å². The van der Waals surface area contributed by atoms with Gasteiger partial charge in [0, 0.05) is 12.8 Å². The van der Waals surface area contributed by atoms with Crippen LogP contribution in [0.25, 0.3) is 0 Å². The number of unbranched alkanes of at least 4 members (excludes halogenated alkanes) is 39. The Balaban J connectivity index is 2.08. The van der Waals surface area contributed by atoms with Gasteiger partial charge in [-0.15, -0.1) is 0 Å². The first-order valence-electron chi connectivity index (χ1n) is 32.8. The van der Waals surface area contributed by atoms with E-state index in [0.29, 0.717) is 19.4 Å². The van der Waals surface area contributed by atoms with E-state index in [1.807, 2.05) is 6.08 Å². The average molecular weight is 1090 g/mol. The number of hydrogen-bond donors (Lipinski definition) is 6. The number of rotatable bonds is 57. The zero-order valence-electron chi connectivity index (χ0n) is 49.9. The number of hydrogen-bond acceptors (Lipinski definition) is 10. The molecule has 452 valence electrons. The van der Waals surface area contributed by atoms with Gasteiger partial charge >= 0.3 is 5.97 Å². The number of esters is 1. The van der Waals surface area contributed by atoms with Gasteiger partial charge in [0.2, 0.25) is 5.91 Å². The first-order chi connectivity index (χ1) is 37.7. The Hall–Kier alpha value is -2.12. The lowest BCUT2D eigenvalue weighted by atomic mass is 9.99. The van der Waals surface area contributed by atoms with Crippen LogP contribution < -0.4 is 5.32 Å². The zero-order chi connectivity index (χ0) is 55.9. The van der Waals surface area contributed by atoms with Crippen molar-refractivity contribution in [3.8, 4) is 0 Å². The molecule has 0 spiro atoms. The van der Waals surface area contributed by atoms with Gasteiger partial charge in [-0.1, -0.05) is 262 Å². The van der Waals surface area contributed by atoms with Crippen molar-refractivity contribution < 1.29 is 49.3 Å². The number of carbonyl (C=O) groups is 2. The van der Waals surface area contributed by atoms with E-state index in [9.17, 15) is 35.1 Å². The SMILES string of the molecule is CCCCCCCCCCC/C=C/CC/C=C/C(O)C(COC1OC(CO)C(O)C(O)C1O)NC(=O)CCCCCCCCC/C=C\CCCCCCCCCCCCCCOC(=O)CCCCCCCCCCCCC. The van der Waals surface area contributed by atoms with Crippen molar-refractivity contribution in [3.63, 3.8) is 0 Å². The minimum Gasteiger partial charge on any atom is -0.466 e. The summed E-state index contributed by atoms with van der Waals surface area (Å²) >= 11 is 0. The largest absolute Gasteiger partial charge is 0.466 e. The van der Waals surface area contributed by atoms with E-state index in [2.05, 4.69) is 43.5 Å². The van der Waals surface area contributed by atoms with E-state index in [4.69, 9.17) is 14.2 Å². The summed E-state index contributed by atoms with van der Waals surface area (Å²) in [5.74, 6) is -0.198. The van der Waals surface area contributed by atoms with Gasteiger partial charge in [0.25, 0.3) is 0 Å². The molecule has 1 aliphatic heterocycles. The Kier molecular flexibility index (Phi) is 52.8. The highest BCUT2D eigenvalue weighted by Crippen LogP contribution is 2.23. The molecule has 0 aromatic carbocycles. The van der Waals surface area contributed by atoms with Crippen LogP contribution in [0.5, 0.6) is 0 Å². The molecule has 0 radical (unpaired) electrons. The van der Waals surface area contributed by atoms with Crippen LogP contribution in [0.3, 0.4) is 0 Å². The van der Waals surface area contributed by atoms with E-state index in [-0.39, 0.29) is 18.5 Å². The van der Waals surface area contributed by atoms with Crippen LogP contribution >= 0.6 is 0 Å². The normalized spacial score (nSPS) is 18.8. The first-order valence-corrected chi connectivity index (χ1v) is 32.8. The predicted molar refractivity (Wildman–Crippen MR) is 320 cm³/mol. The molecule has 6 N–H and O–H groups in total. The molecule has 0 bridgehead atoms. The van der Waals surface area contributed by atoms with Crippen LogP contribution in [0.15, 0.2) is 36.5 Å². The van der Waals surface area contributed by atoms with Crippen molar-refractivity contribution in [2.75, 3.05) is 19.8 Å². The highest BCUT2D eigenvalue weighted by Gasteiger charge is 2.44. The van der Waals surface area contributed by atoms with E-state index >= 15 is 0 Å². The summed E-state index contributed by atoms with van der Waals surface area (Å²) in [5, 5.41) is 54.5. The standard InChI is InChI=1S/C66H123NO10/c1-3-5-7-9-11-13-15-16-26-29-33-36-40-44-48-52-59(69)58(57-76-66-65(74)64(73)63(72)60(56-68)77-66)67-61(70)53-49-45-41-37-34-30-27-24-22-20-18-17-19-21-23-25-28-31-35-39-43-47-51-55-75-62(71)54-50-46-42-38-32-14-12-10-8-6-4-2/h20,22,33,36,48,52,58-60,63-66,68-69,72-74H,3-19,21,23-32,34-35,37-47,49-51,53-57H2,1-2H3,(H,67,70)/b22-20-,36-33+,52-48+. The minimum absolute atomic E-state index is 0.000861. The third kappa shape index (κ3) is 45.2. The maximum Gasteiger partial charge on any atom is 0.305 e. The van der Waals surface area contributed by atoms with Gasteiger partial charge in [-0.3, -0.25) is 9.59 Å². The fourth-order valence-corrected chi connectivity index (χ4v) is 10.3. The molecule has 11 heteroatoms. The molecular weight excluding hydrogens is 967 g/mol. The monoisotopic (exact) mass is 1090 g/mol. The molecular formula is C66H123NO10. The lowest BCUT2D eigenvalue weighted by Gasteiger charge is -2.40. The fourth-order valence-electron chi connectivity index (χ4n) is 10.3. The van der Waals surface area contributed by atoms with Gasteiger partial charge in [-0.25, -0.2) is 0 Å². The summed E-state index contributed by atoms with van der Waals surface area (Å²) in [5.41, 5.74) is 0. The maximum absolute atomic E-state index is 13.1. The molecule has 0 aromatic heterocycles. The van der Waals surface area contributed by atoms with E-state index in [0.717, 1.165) is 70.6 Å². The zero-order valence-corrected chi connectivity index (χ0v) is 49.9. The van der Waals surface area contributed by atoms with Crippen LogP contribution in [0.2, 0.25) is 0 Å². The van der Waals surface area contributed by atoms with E-state index in [1.54, 1.807) is 6.08 Å². The average Bonchev–Trinajstić information content (AvgIpc) is 3.43. The summed E-state index contributed by atoms with van der Waals surface area (Å²) in [4.78, 5) is 25.1. The van der Waals surface area contributed by atoms with Gasteiger partial charge in [0.1, 0.15) is 24.4 Å². The summed E-state index contributed by atoms with van der Waals surface area (Å²) < 4.78 is 16.7. The third-order valence-corrected chi connectivity index (χ3v) is 15.5. The van der Waals surface area contributed by atoms with Crippen molar-refractivity contribution in [2.24, 2.45) is 0 Å². The maximum atomic E-state index is 13.1. The van der Waals surface area contributed by atoms with Crippen molar-refractivity contribution >= 4 is 11.9 Å². The molecule has 1 heterocycles. The number of amides is 1. The molecule has 7 unspecified atom stereocenters.